The number of aromatic nitrogens is 1. The second-order valence-corrected chi connectivity index (χ2v) is 6.56. The van der Waals surface area contributed by atoms with Gasteiger partial charge in [0.25, 0.3) is 0 Å². The largest absolute Gasteiger partial charge is 0.357 e. The number of guanidine groups is 1. The summed E-state index contributed by atoms with van der Waals surface area (Å²) in [5, 5.41) is 7.87. The lowest BCUT2D eigenvalue weighted by atomic mass is 10.4. The molecule has 23 heavy (non-hydrogen) atoms. The van der Waals surface area contributed by atoms with Gasteiger partial charge in [0.05, 0.1) is 11.6 Å². The Bertz CT molecular complexity index is 436. The van der Waals surface area contributed by atoms with E-state index in [1.807, 2.05) is 6.20 Å². The number of hydrogen-bond acceptors (Lipinski definition) is 4. The highest BCUT2D eigenvalue weighted by molar-refractivity contribution is 14.0. The average Bonchev–Trinajstić information content (AvgIpc) is 2.91. The van der Waals surface area contributed by atoms with Crippen molar-refractivity contribution >= 4 is 41.3 Å². The van der Waals surface area contributed by atoms with Crippen molar-refractivity contribution in [1.29, 1.82) is 0 Å². The molecule has 7 heteroatoms. The lowest BCUT2D eigenvalue weighted by Crippen LogP contribution is -2.39. The van der Waals surface area contributed by atoms with Crippen molar-refractivity contribution in [3.63, 3.8) is 0 Å². The molecule has 1 heterocycles. The maximum absolute atomic E-state index is 4.66. The molecule has 0 aliphatic heterocycles. The van der Waals surface area contributed by atoms with Gasteiger partial charge in [0.2, 0.25) is 0 Å². The van der Waals surface area contributed by atoms with E-state index >= 15 is 0 Å². The van der Waals surface area contributed by atoms with Crippen LogP contribution in [0.3, 0.4) is 0 Å². The Labute approximate surface area is 162 Å². The van der Waals surface area contributed by atoms with Gasteiger partial charge in [0.1, 0.15) is 0 Å². The van der Waals surface area contributed by atoms with E-state index < -0.39 is 0 Å². The zero-order chi connectivity index (χ0) is 16.2. The number of rotatable bonds is 10. The first kappa shape index (κ1) is 22.6. The van der Waals surface area contributed by atoms with Crippen LogP contribution in [0.5, 0.6) is 0 Å². The molecule has 1 rings (SSSR count). The molecule has 5 nitrogen and oxygen atoms in total. The number of aliphatic imine (C=N–C) groups is 1. The van der Waals surface area contributed by atoms with Crippen LogP contribution >= 0.6 is 35.3 Å². The Morgan fingerprint density at radius 3 is 2.61 bits per heavy atom. The minimum absolute atomic E-state index is 0. The van der Waals surface area contributed by atoms with Crippen molar-refractivity contribution in [2.75, 3.05) is 39.3 Å². The lowest BCUT2D eigenvalue weighted by molar-refractivity contribution is 0.297. The molecule has 0 saturated carbocycles. The van der Waals surface area contributed by atoms with Crippen LogP contribution in [-0.4, -0.2) is 55.1 Å². The molecule has 2 N–H and O–H groups in total. The highest BCUT2D eigenvalue weighted by Crippen LogP contribution is 2.10. The van der Waals surface area contributed by atoms with Crippen LogP contribution in [0.1, 0.15) is 37.1 Å². The number of nitrogens with zero attached hydrogens (tertiary/aromatic N) is 3. The molecule has 0 fully saturated rings. The summed E-state index contributed by atoms with van der Waals surface area (Å²) < 4.78 is 0. The summed E-state index contributed by atoms with van der Waals surface area (Å²) in [6, 6.07) is 0. The highest BCUT2D eigenvalue weighted by Gasteiger charge is 2.02. The third-order valence-electron chi connectivity index (χ3n) is 3.32. The van der Waals surface area contributed by atoms with Gasteiger partial charge in [-0.2, -0.15) is 0 Å². The Hall–Kier alpha value is -0.410. The van der Waals surface area contributed by atoms with Crippen molar-refractivity contribution in [2.24, 2.45) is 4.99 Å². The molecule has 0 saturated heterocycles. The van der Waals surface area contributed by atoms with E-state index in [-0.39, 0.29) is 24.0 Å². The Morgan fingerprint density at radius 1 is 1.26 bits per heavy atom. The normalized spacial score (nSPS) is 11.4. The van der Waals surface area contributed by atoms with E-state index in [1.165, 1.54) is 16.3 Å². The van der Waals surface area contributed by atoms with E-state index in [1.54, 1.807) is 11.3 Å². The molecule has 1 aromatic rings. The van der Waals surface area contributed by atoms with E-state index in [9.17, 15) is 0 Å². The standard InChI is InChI=1S/C16H31N5S.HI/c1-5-11-21(7-3)12-10-19-16(17-6-2)18-9-8-15-20-13-14(4)22-15;/h13H,5-12H2,1-4H3,(H2,17,18,19);1H. The minimum Gasteiger partial charge on any atom is -0.357 e. The lowest BCUT2D eigenvalue weighted by Gasteiger charge is -2.18. The van der Waals surface area contributed by atoms with Gasteiger partial charge in [0.15, 0.2) is 5.96 Å². The second-order valence-electron chi connectivity index (χ2n) is 5.24. The molecular formula is C16H32IN5S. The van der Waals surface area contributed by atoms with E-state index in [0.717, 1.165) is 51.6 Å². The quantitative estimate of drug-likeness (QED) is 0.325. The first-order valence-electron chi connectivity index (χ1n) is 8.35. The molecule has 0 aromatic carbocycles. The molecule has 0 amide bonds. The molecule has 0 spiro atoms. The van der Waals surface area contributed by atoms with Gasteiger partial charge < -0.3 is 15.5 Å². The molecule has 1 aromatic heterocycles. The predicted octanol–water partition coefficient (Wildman–Crippen LogP) is 2.90. The number of halogens is 1. The monoisotopic (exact) mass is 453 g/mol. The van der Waals surface area contributed by atoms with Crippen molar-refractivity contribution < 1.29 is 0 Å². The Balaban J connectivity index is 0.00000484. The number of hydrogen-bond donors (Lipinski definition) is 2. The van der Waals surface area contributed by atoms with Crippen molar-refractivity contribution in [3.8, 4) is 0 Å². The zero-order valence-corrected chi connectivity index (χ0v) is 18.0. The van der Waals surface area contributed by atoms with Crippen LogP contribution in [-0.2, 0) is 6.42 Å². The van der Waals surface area contributed by atoms with E-state index in [0.29, 0.717) is 0 Å². The smallest absolute Gasteiger partial charge is 0.191 e. The topological polar surface area (TPSA) is 52.5 Å². The number of thiazole rings is 1. The molecular weight excluding hydrogens is 421 g/mol. The van der Waals surface area contributed by atoms with Gasteiger partial charge in [0, 0.05) is 37.1 Å². The van der Waals surface area contributed by atoms with Crippen LogP contribution in [0.2, 0.25) is 0 Å². The van der Waals surface area contributed by atoms with Crippen LogP contribution in [0.4, 0.5) is 0 Å². The van der Waals surface area contributed by atoms with Gasteiger partial charge in [-0.25, -0.2) is 4.98 Å². The summed E-state index contributed by atoms with van der Waals surface area (Å²) in [5.74, 6) is 0.906. The van der Waals surface area contributed by atoms with Crippen LogP contribution in [0, 0.1) is 6.92 Å². The number of likely N-dealkylation sites (N-methyl/N-ethyl adjacent to an activating group) is 1. The fourth-order valence-corrected chi connectivity index (χ4v) is 2.98. The summed E-state index contributed by atoms with van der Waals surface area (Å²) in [4.78, 5) is 12.7. The number of nitrogens with one attached hydrogen (secondary N) is 2. The van der Waals surface area contributed by atoms with Crippen LogP contribution < -0.4 is 10.6 Å². The minimum atomic E-state index is 0. The van der Waals surface area contributed by atoms with Crippen molar-refractivity contribution in [3.05, 3.63) is 16.1 Å². The fourth-order valence-electron chi connectivity index (χ4n) is 2.19. The maximum atomic E-state index is 4.66. The van der Waals surface area contributed by atoms with Gasteiger partial charge in [-0.05, 0) is 33.4 Å². The van der Waals surface area contributed by atoms with E-state index in [4.69, 9.17) is 0 Å². The molecule has 0 aliphatic rings. The predicted molar refractivity (Wildman–Crippen MR) is 112 cm³/mol. The molecule has 0 bridgehead atoms. The Kier molecular flexibility index (Phi) is 13.7. The van der Waals surface area contributed by atoms with Crippen LogP contribution in [0.25, 0.3) is 0 Å². The molecule has 134 valence electrons. The first-order valence-corrected chi connectivity index (χ1v) is 9.17. The average molecular weight is 453 g/mol. The summed E-state index contributed by atoms with van der Waals surface area (Å²) in [5.41, 5.74) is 0. The number of aryl methyl sites for hydroxylation is 1. The van der Waals surface area contributed by atoms with E-state index in [2.05, 4.69) is 53.2 Å². The summed E-state index contributed by atoms with van der Waals surface area (Å²) in [6.45, 7) is 14.5. The van der Waals surface area contributed by atoms with Gasteiger partial charge >= 0.3 is 0 Å². The summed E-state index contributed by atoms with van der Waals surface area (Å²) >= 11 is 1.76. The molecule has 0 unspecified atom stereocenters. The third kappa shape index (κ3) is 10.1. The SMILES string of the molecule is CCCN(CC)CCN=C(NCC)NCCc1ncc(C)s1.I. The molecule has 0 radical (unpaired) electrons. The molecule has 0 atom stereocenters. The highest BCUT2D eigenvalue weighted by atomic mass is 127. The summed E-state index contributed by atoms with van der Waals surface area (Å²) in [6.07, 6.45) is 4.08. The summed E-state index contributed by atoms with van der Waals surface area (Å²) in [7, 11) is 0. The van der Waals surface area contributed by atoms with Gasteiger partial charge in [-0.15, -0.1) is 35.3 Å². The maximum Gasteiger partial charge on any atom is 0.191 e. The van der Waals surface area contributed by atoms with Gasteiger partial charge in [-0.3, -0.25) is 4.99 Å². The second kappa shape index (κ2) is 14.0. The van der Waals surface area contributed by atoms with Crippen molar-refractivity contribution in [2.45, 2.75) is 40.5 Å². The van der Waals surface area contributed by atoms with Crippen molar-refractivity contribution in [1.82, 2.24) is 20.5 Å². The fraction of sp³-hybridized carbons (Fsp3) is 0.750. The third-order valence-corrected chi connectivity index (χ3v) is 4.29. The van der Waals surface area contributed by atoms with Gasteiger partial charge in [-0.1, -0.05) is 13.8 Å². The molecule has 0 aliphatic carbocycles. The Morgan fingerprint density at radius 2 is 2.04 bits per heavy atom. The van der Waals surface area contributed by atoms with Crippen LogP contribution in [0.15, 0.2) is 11.2 Å². The zero-order valence-electron chi connectivity index (χ0n) is 14.9. The first-order chi connectivity index (χ1) is 10.7.